The molecule has 2 saturated heterocycles. The number of benzene rings is 1. The van der Waals surface area contributed by atoms with Crippen molar-refractivity contribution in [2.45, 2.75) is 32.5 Å². The maximum Gasteiger partial charge on any atom is 0.416 e. The van der Waals surface area contributed by atoms with Gasteiger partial charge < -0.3 is 14.5 Å². The van der Waals surface area contributed by atoms with E-state index < -0.39 is 34.6 Å². The van der Waals surface area contributed by atoms with Crippen molar-refractivity contribution in [2.75, 3.05) is 31.1 Å². The van der Waals surface area contributed by atoms with Crippen LogP contribution in [0.5, 0.6) is 0 Å². The van der Waals surface area contributed by atoms with Gasteiger partial charge in [-0.05, 0) is 62.4 Å². The maximum atomic E-state index is 13.2. The predicted molar refractivity (Wildman–Crippen MR) is 111 cm³/mol. The van der Waals surface area contributed by atoms with Gasteiger partial charge in [0.15, 0.2) is 0 Å². The number of halogens is 3. The molecule has 2 heterocycles. The second kappa shape index (κ2) is 8.45. The van der Waals surface area contributed by atoms with Crippen molar-refractivity contribution < 1.29 is 32.3 Å². The van der Waals surface area contributed by atoms with E-state index in [1.807, 2.05) is 4.90 Å². The van der Waals surface area contributed by atoms with Crippen LogP contribution in [0.4, 0.5) is 28.4 Å². The number of anilines is 1. The first-order valence-electron chi connectivity index (χ1n) is 9.52. The Hall–Kier alpha value is -2.69. The second-order valence-corrected chi connectivity index (χ2v) is 9.09. The lowest BCUT2D eigenvalue weighted by atomic mass is 10.1. The number of piperazine rings is 1. The molecule has 31 heavy (non-hydrogen) atoms. The van der Waals surface area contributed by atoms with Crippen molar-refractivity contribution >= 4 is 40.8 Å². The normalized spacial score (nSPS) is 19.1. The van der Waals surface area contributed by atoms with Gasteiger partial charge in [0, 0.05) is 31.9 Å². The highest BCUT2D eigenvalue weighted by molar-refractivity contribution is 8.18. The molecule has 0 bridgehead atoms. The summed E-state index contributed by atoms with van der Waals surface area (Å²) in [6.07, 6.45) is -3.71. The number of imide groups is 1. The molecule has 1 aromatic carbocycles. The smallest absolute Gasteiger partial charge is 0.416 e. The lowest BCUT2D eigenvalue weighted by Gasteiger charge is -2.37. The molecule has 0 saturated carbocycles. The van der Waals surface area contributed by atoms with Crippen LogP contribution >= 0.6 is 11.8 Å². The van der Waals surface area contributed by atoms with Gasteiger partial charge in [-0.25, -0.2) is 4.79 Å². The van der Waals surface area contributed by atoms with E-state index in [1.54, 1.807) is 25.7 Å². The summed E-state index contributed by atoms with van der Waals surface area (Å²) in [5.74, 6) is -0.645. The van der Waals surface area contributed by atoms with E-state index >= 15 is 0 Å². The van der Waals surface area contributed by atoms with Crippen molar-refractivity contribution in [1.29, 1.82) is 0 Å². The zero-order valence-electron chi connectivity index (χ0n) is 17.2. The third kappa shape index (κ3) is 5.72. The number of hydrogen-bond acceptors (Lipinski definition) is 6. The highest BCUT2D eigenvalue weighted by Crippen LogP contribution is 2.36. The number of ether oxygens (including phenoxy) is 1. The molecule has 7 nitrogen and oxygen atoms in total. The fourth-order valence-corrected chi connectivity index (χ4v) is 3.83. The molecule has 3 amide bonds. The summed E-state index contributed by atoms with van der Waals surface area (Å²) in [4.78, 5) is 38.9. The molecule has 0 atom stereocenters. The summed E-state index contributed by atoms with van der Waals surface area (Å²) >= 11 is 0.639. The Kier molecular flexibility index (Phi) is 6.26. The molecule has 2 aliphatic rings. The van der Waals surface area contributed by atoms with Gasteiger partial charge in [-0.15, -0.1) is 0 Å². The number of thioether (sulfide) groups is 1. The number of alkyl halides is 3. The number of nitrogens with zero attached hydrogens (tertiary/aromatic N) is 2. The van der Waals surface area contributed by atoms with Gasteiger partial charge in [-0.3, -0.25) is 14.9 Å². The van der Waals surface area contributed by atoms with Gasteiger partial charge in [0.1, 0.15) is 5.60 Å². The molecule has 0 spiro atoms. The summed E-state index contributed by atoms with van der Waals surface area (Å²) < 4.78 is 45.1. The topological polar surface area (TPSA) is 79.0 Å². The summed E-state index contributed by atoms with van der Waals surface area (Å²) in [6.45, 7) is 6.72. The zero-order valence-corrected chi connectivity index (χ0v) is 18.0. The van der Waals surface area contributed by atoms with Gasteiger partial charge in [0.05, 0.1) is 10.5 Å². The highest BCUT2D eigenvalue weighted by Gasteiger charge is 2.33. The Morgan fingerprint density at radius 3 is 2.29 bits per heavy atom. The minimum absolute atomic E-state index is 0.0259. The van der Waals surface area contributed by atoms with Crippen LogP contribution < -0.4 is 10.2 Å². The van der Waals surface area contributed by atoms with Crippen LogP contribution in [0.3, 0.4) is 0 Å². The average molecular weight is 457 g/mol. The van der Waals surface area contributed by atoms with Crippen LogP contribution in [-0.2, 0) is 15.7 Å². The predicted octanol–water partition coefficient (Wildman–Crippen LogP) is 4.09. The summed E-state index contributed by atoms with van der Waals surface area (Å²) in [7, 11) is 0. The molecule has 11 heteroatoms. The van der Waals surface area contributed by atoms with E-state index in [4.69, 9.17) is 4.74 Å². The molecular weight excluding hydrogens is 435 g/mol. The first-order valence-corrected chi connectivity index (χ1v) is 10.3. The molecule has 168 valence electrons. The summed E-state index contributed by atoms with van der Waals surface area (Å²) in [5, 5.41) is 1.52. The first-order chi connectivity index (χ1) is 14.3. The fraction of sp³-hybridized carbons (Fsp3) is 0.450. The lowest BCUT2D eigenvalue weighted by Crippen LogP contribution is -2.50. The van der Waals surface area contributed by atoms with Gasteiger partial charge in [-0.1, -0.05) is 0 Å². The number of rotatable bonds is 2. The van der Waals surface area contributed by atoms with E-state index in [1.165, 1.54) is 12.1 Å². The van der Waals surface area contributed by atoms with Gasteiger partial charge in [0.2, 0.25) is 0 Å². The standard InChI is InChI=1S/C20H22F3N3O4S/c1-19(2,3)30-18(29)26-8-6-25(7-9-26)14-5-4-13(20(21,22)23)10-12(14)11-15-16(27)24-17(28)31-15/h4-5,10-11H,6-9H2,1-3H3,(H,24,27,28). The molecule has 0 aromatic heterocycles. The largest absolute Gasteiger partial charge is 0.444 e. The Bertz CT molecular complexity index is 933. The van der Waals surface area contributed by atoms with E-state index in [9.17, 15) is 27.6 Å². The number of nitrogens with one attached hydrogen (secondary N) is 1. The minimum atomic E-state index is -4.55. The molecule has 0 radical (unpaired) electrons. The van der Waals surface area contributed by atoms with Crippen molar-refractivity contribution in [2.24, 2.45) is 0 Å². The van der Waals surface area contributed by atoms with Gasteiger partial charge in [-0.2, -0.15) is 13.2 Å². The molecule has 2 fully saturated rings. The number of amides is 3. The summed E-state index contributed by atoms with van der Waals surface area (Å²) in [5.41, 5.74) is -0.826. The average Bonchev–Trinajstić information content (AvgIpc) is 2.96. The number of carbonyl (C=O) groups is 3. The second-order valence-electron chi connectivity index (χ2n) is 8.08. The molecule has 0 aliphatic carbocycles. The third-order valence-corrected chi connectivity index (χ3v) is 5.37. The molecule has 1 aromatic rings. The zero-order chi connectivity index (χ0) is 23.0. The fourth-order valence-electron chi connectivity index (χ4n) is 3.15. The van der Waals surface area contributed by atoms with Crippen molar-refractivity contribution in [3.63, 3.8) is 0 Å². The Morgan fingerprint density at radius 2 is 1.77 bits per heavy atom. The van der Waals surface area contributed by atoms with Crippen LogP contribution in [0.1, 0.15) is 31.9 Å². The van der Waals surface area contributed by atoms with E-state index in [-0.39, 0.29) is 10.5 Å². The minimum Gasteiger partial charge on any atom is -0.444 e. The molecule has 2 aliphatic heterocycles. The molecule has 1 N–H and O–H groups in total. The van der Waals surface area contributed by atoms with Crippen molar-refractivity contribution in [1.82, 2.24) is 10.2 Å². The first kappa shape index (κ1) is 23.0. The van der Waals surface area contributed by atoms with Crippen LogP contribution in [0.25, 0.3) is 6.08 Å². The van der Waals surface area contributed by atoms with Gasteiger partial charge in [0.25, 0.3) is 11.1 Å². The highest BCUT2D eigenvalue weighted by atomic mass is 32.2. The molecule has 3 rings (SSSR count). The number of hydrogen-bond donors (Lipinski definition) is 1. The Labute approximate surface area is 181 Å². The van der Waals surface area contributed by atoms with Gasteiger partial charge >= 0.3 is 12.3 Å². The molecule has 0 unspecified atom stereocenters. The number of carbonyl (C=O) groups excluding carboxylic acids is 3. The quantitative estimate of drug-likeness (QED) is 0.674. The monoisotopic (exact) mass is 457 g/mol. The van der Waals surface area contributed by atoms with Crippen LogP contribution in [-0.4, -0.2) is 53.9 Å². The Balaban J connectivity index is 1.84. The lowest BCUT2D eigenvalue weighted by molar-refractivity contribution is -0.137. The van der Waals surface area contributed by atoms with E-state index in [2.05, 4.69) is 5.32 Å². The van der Waals surface area contributed by atoms with E-state index in [0.717, 1.165) is 12.1 Å². The van der Waals surface area contributed by atoms with Crippen LogP contribution in [0.15, 0.2) is 23.1 Å². The SMILES string of the molecule is CC(C)(C)OC(=O)N1CCN(c2ccc(C(F)(F)F)cc2C=C2SC(=O)NC2=O)CC1. The van der Waals surface area contributed by atoms with Crippen LogP contribution in [0.2, 0.25) is 0 Å². The van der Waals surface area contributed by atoms with Crippen molar-refractivity contribution in [3.05, 3.63) is 34.2 Å². The van der Waals surface area contributed by atoms with Crippen molar-refractivity contribution in [3.8, 4) is 0 Å². The summed E-state index contributed by atoms with van der Waals surface area (Å²) in [6, 6.07) is 3.28. The van der Waals surface area contributed by atoms with E-state index in [0.29, 0.717) is 43.6 Å². The molecular formula is C20H22F3N3O4S. The Morgan fingerprint density at radius 1 is 1.13 bits per heavy atom. The third-order valence-electron chi connectivity index (χ3n) is 4.56. The van der Waals surface area contributed by atoms with Crippen LogP contribution in [0, 0.1) is 0 Å². The maximum absolute atomic E-state index is 13.2.